The fourth-order valence-electron chi connectivity index (χ4n) is 4.12. The Morgan fingerprint density at radius 2 is 1.94 bits per heavy atom. The molecule has 32 heavy (non-hydrogen) atoms. The number of anilines is 1. The summed E-state index contributed by atoms with van der Waals surface area (Å²) in [4.78, 5) is 24.8. The van der Waals surface area contributed by atoms with Crippen molar-refractivity contribution in [3.05, 3.63) is 23.8 Å². The lowest BCUT2D eigenvalue weighted by Crippen LogP contribution is -2.58. The van der Waals surface area contributed by atoms with E-state index in [4.69, 9.17) is 23.2 Å². The minimum Gasteiger partial charge on any atom is -0.324 e. The number of nitrogens with zero attached hydrogens (tertiary/aromatic N) is 2. The number of carbonyl (C=O) groups excluding carboxylic acids is 2. The molecule has 8 nitrogen and oxygen atoms in total. The first-order chi connectivity index (χ1) is 15.1. The van der Waals surface area contributed by atoms with Crippen molar-refractivity contribution in [3.63, 3.8) is 0 Å². The molecule has 0 bridgehead atoms. The number of hydrazine groups is 1. The van der Waals surface area contributed by atoms with Gasteiger partial charge in [-0.15, -0.1) is 23.2 Å². The largest absolute Gasteiger partial charge is 0.324 e. The zero-order valence-corrected chi connectivity index (χ0v) is 20.6. The standard InChI is InChI=1S/C21H30Cl2N4O4S/c1-14-8-9-16(25-19(28)13-27-21(29)20(23)17(22)11-24-27)10-18(14)32(30,31)26(2)12-15-6-4-3-5-7-15/h8-10,15,17,20,24H,3-7,11-13H2,1-2H3,(H,25,28). The Balaban J connectivity index is 1.68. The second-order valence-corrected chi connectivity index (χ2v) is 11.6. The van der Waals surface area contributed by atoms with Crippen LogP contribution in [-0.2, 0) is 19.6 Å². The normalized spacial score (nSPS) is 22.9. The van der Waals surface area contributed by atoms with Crippen LogP contribution in [0.1, 0.15) is 37.7 Å². The van der Waals surface area contributed by atoms with Gasteiger partial charge in [0.05, 0.1) is 10.3 Å². The highest BCUT2D eigenvalue weighted by atomic mass is 35.5. The molecule has 1 aliphatic carbocycles. The molecule has 1 saturated heterocycles. The average Bonchev–Trinajstić information content (AvgIpc) is 2.76. The molecule has 1 saturated carbocycles. The third-order valence-electron chi connectivity index (χ3n) is 6.00. The molecule has 1 aromatic carbocycles. The van der Waals surface area contributed by atoms with Gasteiger partial charge in [-0.1, -0.05) is 25.3 Å². The van der Waals surface area contributed by atoms with Gasteiger partial charge in [-0.05, 0) is 43.4 Å². The van der Waals surface area contributed by atoms with Crippen LogP contribution in [0.15, 0.2) is 23.1 Å². The van der Waals surface area contributed by atoms with Gasteiger partial charge in [-0.25, -0.2) is 18.1 Å². The van der Waals surface area contributed by atoms with Crippen LogP contribution in [-0.4, -0.2) is 67.0 Å². The molecule has 2 unspecified atom stereocenters. The highest BCUT2D eigenvalue weighted by Gasteiger charge is 2.35. The van der Waals surface area contributed by atoms with Crippen LogP contribution in [0.4, 0.5) is 5.69 Å². The first-order valence-corrected chi connectivity index (χ1v) is 13.1. The lowest BCUT2D eigenvalue weighted by atomic mass is 9.89. The van der Waals surface area contributed by atoms with Crippen molar-refractivity contribution in [2.24, 2.45) is 5.92 Å². The van der Waals surface area contributed by atoms with Crippen molar-refractivity contribution < 1.29 is 18.0 Å². The molecular formula is C21H30Cl2N4O4S. The maximum atomic E-state index is 13.2. The summed E-state index contributed by atoms with van der Waals surface area (Å²) < 4.78 is 27.8. The van der Waals surface area contributed by atoms with Crippen LogP contribution < -0.4 is 10.7 Å². The molecule has 0 radical (unpaired) electrons. The number of nitrogens with one attached hydrogen (secondary N) is 2. The molecule has 3 rings (SSSR count). The fraction of sp³-hybridized carbons (Fsp3) is 0.619. The van der Waals surface area contributed by atoms with Gasteiger partial charge >= 0.3 is 0 Å². The van der Waals surface area contributed by atoms with Crippen molar-refractivity contribution in [2.75, 3.05) is 32.0 Å². The molecule has 2 amide bonds. The second kappa shape index (κ2) is 10.7. The van der Waals surface area contributed by atoms with Crippen LogP contribution in [0, 0.1) is 12.8 Å². The molecule has 178 valence electrons. The number of amides is 2. The van der Waals surface area contributed by atoms with Crippen molar-refractivity contribution in [2.45, 2.75) is 54.7 Å². The van der Waals surface area contributed by atoms with Crippen molar-refractivity contribution in [1.29, 1.82) is 0 Å². The van der Waals surface area contributed by atoms with Gasteiger partial charge in [-0.2, -0.15) is 0 Å². The molecule has 1 aliphatic heterocycles. The van der Waals surface area contributed by atoms with Crippen molar-refractivity contribution >= 4 is 50.7 Å². The highest BCUT2D eigenvalue weighted by Crippen LogP contribution is 2.28. The number of carbonyl (C=O) groups is 2. The smallest absolute Gasteiger partial charge is 0.256 e. The quantitative estimate of drug-likeness (QED) is 0.556. The van der Waals surface area contributed by atoms with Gasteiger partial charge < -0.3 is 5.32 Å². The van der Waals surface area contributed by atoms with Gasteiger partial charge in [0, 0.05) is 25.8 Å². The summed E-state index contributed by atoms with van der Waals surface area (Å²) >= 11 is 11.9. The van der Waals surface area contributed by atoms with Crippen molar-refractivity contribution in [1.82, 2.24) is 14.7 Å². The molecule has 2 fully saturated rings. The molecule has 2 atom stereocenters. The minimum absolute atomic E-state index is 0.159. The Morgan fingerprint density at radius 3 is 2.62 bits per heavy atom. The predicted molar refractivity (Wildman–Crippen MR) is 125 cm³/mol. The fourth-order valence-corrected chi connectivity index (χ4v) is 5.99. The number of hydrogen-bond donors (Lipinski definition) is 2. The van der Waals surface area contributed by atoms with Gasteiger partial charge in [0.2, 0.25) is 15.9 Å². The summed E-state index contributed by atoms with van der Waals surface area (Å²) in [5, 5.41) is 2.31. The third kappa shape index (κ3) is 5.94. The summed E-state index contributed by atoms with van der Waals surface area (Å²) in [6.07, 6.45) is 5.59. The van der Waals surface area contributed by atoms with E-state index in [9.17, 15) is 18.0 Å². The maximum Gasteiger partial charge on any atom is 0.256 e. The van der Waals surface area contributed by atoms with Crippen LogP contribution in [0.25, 0.3) is 0 Å². The maximum absolute atomic E-state index is 13.2. The second-order valence-electron chi connectivity index (χ2n) is 8.52. The van der Waals surface area contributed by atoms with E-state index >= 15 is 0 Å². The van der Waals surface area contributed by atoms with Gasteiger partial charge in [0.15, 0.2) is 0 Å². The monoisotopic (exact) mass is 504 g/mol. The first kappa shape index (κ1) is 25.2. The molecule has 2 N–H and O–H groups in total. The number of sulfonamides is 1. The first-order valence-electron chi connectivity index (χ1n) is 10.8. The third-order valence-corrected chi connectivity index (χ3v) is 8.99. The zero-order chi connectivity index (χ0) is 23.5. The Labute approximate surface area is 199 Å². The number of rotatable bonds is 7. The lowest BCUT2D eigenvalue weighted by Gasteiger charge is -2.32. The van der Waals surface area contributed by atoms with Gasteiger partial charge in [-0.3, -0.25) is 14.6 Å². The van der Waals surface area contributed by atoms with E-state index in [0.717, 1.165) is 30.7 Å². The SMILES string of the molecule is Cc1ccc(NC(=O)CN2NCC(Cl)C(Cl)C2=O)cc1S(=O)(=O)N(C)CC1CCCCC1. The molecule has 1 aromatic rings. The Hall–Kier alpha value is -1.39. The number of benzene rings is 1. The Bertz CT molecular complexity index is 953. The van der Waals surface area contributed by atoms with E-state index in [-0.39, 0.29) is 18.0 Å². The Morgan fingerprint density at radius 1 is 1.25 bits per heavy atom. The van der Waals surface area contributed by atoms with Crippen LogP contribution in [0.2, 0.25) is 0 Å². The van der Waals surface area contributed by atoms with Crippen LogP contribution in [0.3, 0.4) is 0 Å². The van der Waals surface area contributed by atoms with Gasteiger partial charge in [0.25, 0.3) is 5.91 Å². The van der Waals surface area contributed by atoms with E-state index < -0.39 is 32.6 Å². The van der Waals surface area contributed by atoms with E-state index in [1.807, 2.05) is 0 Å². The zero-order valence-electron chi connectivity index (χ0n) is 18.3. The van der Waals surface area contributed by atoms with Crippen LogP contribution in [0.5, 0.6) is 0 Å². The average molecular weight is 505 g/mol. The highest BCUT2D eigenvalue weighted by molar-refractivity contribution is 7.89. The molecule has 2 aliphatic rings. The van der Waals surface area contributed by atoms with Gasteiger partial charge in [0.1, 0.15) is 11.9 Å². The van der Waals surface area contributed by atoms with Crippen LogP contribution >= 0.6 is 23.2 Å². The molecule has 1 heterocycles. The summed E-state index contributed by atoms with van der Waals surface area (Å²) in [5.41, 5.74) is 3.71. The van der Waals surface area contributed by atoms with Crippen molar-refractivity contribution in [3.8, 4) is 0 Å². The van der Waals surface area contributed by atoms with E-state index in [1.165, 1.54) is 16.8 Å². The number of alkyl halides is 2. The molecule has 0 spiro atoms. The molecule has 0 aromatic heterocycles. The lowest BCUT2D eigenvalue weighted by molar-refractivity contribution is -0.139. The summed E-state index contributed by atoms with van der Waals surface area (Å²) in [7, 11) is -2.10. The Kier molecular flexibility index (Phi) is 8.43. The minimum atomic E-state index is -3.70. The molecular weight excluding hydrogens is 475 g/mol. The molecule has 11 heteroatoms. The van der Waals surface area contributed by atoms with E-state index in [1.54, 1.807) is 26.1 Å². The number of hydrogen-bond acceptors (Lipinski definition) is 5. The predicted octanol–water partition coefficient (Wildman–Crippen LogP) is 2.70. The summed E-state index contributed by atoms with van der Waals surface area (Å²) in [5.74, 6) is -0.588. The van der Waals surface area contributed by atoms with E-state index in [2.05, 4.69) is 10.7 Å². The topological polar surface area (TPSA) is 98.8 Å². The number of aryl methyl sites for hydroxylation is 1. The van der Waals surface area contributed by atoms with E-state index in [0.29, 0.717) is 23.7 Å². The summed E-state index contributed by atoms with van der Waals surface area (Å²) in [6, 6.07) is 4.76. The summed E-state index contributed by atoms with van der Waals surface area (Å²) in [6.45, 7) is 2.20. The number of halogens is 2.